The van der Waals surface area contributed by atoms with Crippen molar-refractivity contribution in [2.24, 2.45) is 0 Å². The molecule has 0 amide bonds. The molecule has 0 radical (unpaired) electrons. The van der Waals surface area contributed by atoms with Crippen LogP contribution in [0.1, 0.15) is 32.6 Å². The number of hydrogen-bond acceptors (Lipinski definition) is 3. The summed E-state index contributed by atoms with van der Waals surface area (Å²) in [7, 11) is 0. The molecule has 0 aromatic rings. The van der Waals surface area contributed by atoms with Crippen LogP contribution in [-0.4, -0.2) is 49.8 Å². The Labute approximate surface area is 93.2 Å². The quantitative estimate of drug-likeness (QED) is 0.762. The molecule has 1 atom stereocenters. The van der Waals surface area contributed by atoms with E-state index in [4.69, 9.17) is 4.74 Å². The predicted molar refractivity (Wildman–Crippen MR) is 62.1 cm³/mol. The summed E-state index contributed by atoms with van der Waals surface area (Å²) in [5.74, 6) is 0. The molecular formula is C12H24N2O. The van der Waals surface area contributed by atoms with Crippen molar-refractivity contribution in [1.82, 2.24) is 10.2 Å². The lowest BCUT2D eigenvalue weighted by Crippen LogP contribution is -2.57. The van der Waals surface area contributed by atoms with Crippen LogP contribution in [0.5, 0.6) is 0 Å². The fourth-order valence-electron chi connectivity index (χ4n) is 2.77. The Balaban J connectivity index is 1.87. The van der Waals surface area contributed by atoms with Gasteiger partial charge in [0.05, 0.1) is 13.2 Å². The molecule has 2 saturated heterocycles. The number of hydrogen-bond donors (Lipinski definition) is 1. The van der Waals surface area contributed by atoms with Gasteiger partial charge in [-0.15, -0.1) is 0 Å². The van der Waals surface area contributed by atoms with Gasteiger partial charge in [-0.05, 0) is 25.8 Å². The first-order chi connectivity index (χ1) is 7.35. The summed E-state index contributed by atoms with van der Waals surface area (Å²) in [6, 6.07) is 0. The molecule has 1 N–H and O–H groups in total. The molecule has 0 bridgehead atoms. The third-order valence-electron chi connectivity index (χ3n) is 3.89. The standard InChI is InChI=1S/C12H24N2O/c1-2-12(5-3-4-6-13-12)11-14-7-9-15-10-8-14/h13H,2-11H2,1H3. The average Bonchev–Trinajstić information content (AvgIpc) is 2.32. The lowest BCUT2D eigenvalue weighted by atomic mass is 9.86. The molecule has 88 valence electrons. The number of ether oxygens (including phenoxy) is 1. The minimum absolute atomic E-state index is 0.398. The highest BCUT2D eigenvalue weighted by Gasteiger charge is 2.32. The van der Waals surface area contributed by atoms with Crippen molar-refractivity contribution in [3.8, 4) is 0 Å². The zero-order chi connectivity index (χ0) is 10.6. The summed E-state index contributed by atoms with van der Waals surface area (Å²) < 4.78 is 5.39. The molecule has 2 heterocycles. The van der Waals surface area contributed by atoms with Crippen LogP contribution in [0.3, 0.4) is 0 Å². The largest absolute Gasteiger partial charge is 0.379 e. The number of morpholine rings is 1. The summed E-state index contributed by atoms with van der Waals surface area (Å²) in [5, 5.41) is 3.75. The lowest BCUT2D eigenvalue weighted by molar-refractivity contribution is 0.0191. The van der Waals surface area contributed by atoms with E-state index in [0.29, 0.717) is 5.54 Å². The van der Waals surface area contributed by atoms with Crippen LogP contribution in [0.15, 0.2) is 0 Å². The summed E-state index contributed by atoms with van der Waals surface area (Å²) in [6.45, 7) is 8.80. The first-order valence-electron chi connectivity index (χ1n) is 6.40. The van der Waals surface area contributed by atoms with E-state index in [2.05, 4.69) is 17.1 Å². The Morgan fingerprint density at radius 3 is 2.67 bits per heavy atom. The van der Waals surface area contributed by atoms with Gasteiger partial charge in [-0.3, -0.25) is 4.90 Å². The van der Waals surface area contributed by atoms with Crippen molar-refractivity contribution in [2.75, 3.05) is 39.4 Å². The minimum atomic E-state index is 0.398. The molecule has 3 nitrogen and oxygen atoms in total. The van der Waals surface area contributed by atoms with Crippen LogP contribution >= 0.6 is 0 Å². The van der Waals surface area contributed by atoms with Gasteiger partial charge in [0, 0.05) is 25.2 Å². The van der Waals surface area contributed by atoms with Crippen LogP contribution in [-0.2, 0) is 4.74 Å². The molecule has 15 heavy (non-hydrogen) atoms. The Hall–Kier alpha value is -0.120. The Morgan fingerprint density at radius 1 is 1.27 bits per heavy atom. The third kappa shape index (κ3) is 2.92. The van der Waals surface area contributed by atoms with Gasteiger partial charge in [0.15, 0.2) is 0 Å². The summed E-state index contributed by atoms with van der Waals surface area (Å²) >= 11 is 0. The van der Waals surface area contributed by atoms with E-state index in [1.807, 2.05) is 0 Å². The lowest BCUT2D eigenvalue weighted by Gasteiger charge is -2.42. The molecule has 1 unspecified atom stereocenters. The van der Waals surface area contributed by atoms with Crippen molar-refractivity contribution < 1.29 is 4.74 Å². The molecule has 0 spiro atoms. The second-order valence-electron chi connectivity index (χ2n) is 4.91. The minimum Gasteiger partial charge on any atom is -0.379 e. The highest BCUT2D eigenvalue weighted by atomic mass is 16.5. The topological polar surface area (TPSA) is 24.5 Å². The van der Waals surface area contributed by atoms with Crippen LogP contribution in [0.25, 0.3) is 0 Å². The first kappa shape index (κ1) is 11.4. The van der Waals surface area contributed by atoms with Crippen molar-refractivity contribution in [3.63, 3.8) is 0 Å². The maximum atomic E-state index is 5.39. The smallest absolute Gasteiger partial charge is 0.0594 e. The van der Waals surface area contributed by atoms with E-state index in [-0.39, 0.29) is 0 Å². The fourth-order valence-corrected chi connectivity index (χ4v) is 2.77. The molecule has 2 aliphatic heterocycles. The number of nitrogens with zero attached hydrogens (tertiary/aromatic N) is 1. The third-order valence-corrected chi connectivity index (χ3v) is 3.89. The van der Waals surface area contributed by atoms with E-state index in [1.54, 1.807) is 0 Å². The van der Waals surface area contributed by atoms with Gasteiger partial charge in [-0.1, -0.05) is 13.3 Å². The van der Waals surface area contributed by atoms with Crippen LogP contribution in [0.2, 0.25) is 0 Å². The SMILES string of the molecule is CCC1(CN2CCOCC2)CCCCN1. The zero-order valence-corrected chi connectivity index (χ0v) is 9.93. The molecule has 0 aromatic carbocycles. The van der Waals surface area contributed by atoms with Gasteiger partial charge in [-0.2, -0.15) is 0 Å². The van der Waals surface area contributed by atoms with Gasteiger partial charge >= 0.3 is 0 Å². The molecule has 2 rings (SSSR count). The van der Waals surface area contributed by atoms with Gasteiger partial charge in [-0.25, -0.2) is 0 Å². The molecule has 0 aromatic heterocycles. The monoisotopic (exact) mass is 212 g/mol. The molecule has 2 aliphatic rings. The van der Waals surface area contributed by atoms with Crippen LogP contribution < -0.4 is 5.32 Å². The number of nitrogens with one attached hydrogen (secondary N) is 1. The van der Waals surface area contributed by atoms with E-state index in [1.165, 1.54) is 38.8 Å². The molecule has 0 aliphatic carbocycles. The highest BCUT2D eigenvalue weighted by Crippen LogP contribution is 2.24. The van der Waals surface area contributed by atoms with Gasteiger partial charge in [0.1, 0.15) is 0 Å². The summed E-state index contributed by atoms with van der Waals surface area (Å²) in [6.07, 6.45) is 5.35. The number of piperidine rings is 1. The van der Waals surface area contributed by atoms with Crippen LogP contribution in [0, 0.1) is 0 Å². The molecule has 0 saturated carbocycles. The molecule has 2 fully saturated rings. The maximum Gasteiger partial charge on any atom is 0.0594 e. The highest BCUT2D eigenvalue weighted by molar-refractivity contribution is 4.92. The summed E-state index contributed by atoms with van der Waals surface area (Å²) in [4.78, 5) is 2.56. The summed E-state index contributed by atoms with van der Waals surface area (Å²) in [5.41, 5.74) is 0.398. The van der Waals surface area contributed by atoms with E-state index >= 15 is 0 Å². The second kappa shape index (κ2) is 5.28. The van der Waals surface area contributed by atoms with Crippen molar-refractivity contribution >= 4 is 0 Å². The second-order valence-corrected chi connectivity index (χ2v) is 4.91. The molecular weight excluding hydrogens is 188 g/mol. The van der Waals surface area contributed by atoms with Crippen molar-refractivity contribution in [2.45, 2.75) is 38.1 Å². The van der Waals surface area contributed by atoms with E-state index < -0.39 is 0 Å². The van der Waals surface area contributed by atoms with E-state index in [0.717, 1.165) is 26.3 Å². The first-order valence-corrected chi connectivity index (χ1v) is 6.40. The Bertz CT molecular complexity index is 184. The Morgan fingerprint density at radius 2 is 2.07 bits per heavy atom. The molecule has 3 heteroatoms. The number of rotatable bonds is 3. The average molecular weight is 212 g/mol. The van der Waals surface area contributed by atoms with Crippen LogP contribution in [0.4, 0.5) is 0 Å². The fraction of sp³-hybridized carbons (Fsp3) is 1.00. The normalized spacial score (nSPS) is 34.2. The van der Waals surface area contributed by atoms with Gasteiger partial charge < -0.3 is 10.1 Å². The van der Waals surface area contributed by atoms with Crippen molar-refractivity contribution in [1.29, 1.82) is 0 Å². The van der Waals surface area contributed by atoms with Gasteiger partial charge in [0.25, 0.3) is 0 Å². The Kier molecular flexibility index (Phi) is 4.00. The van der Waals surface area contributed by atoms with E-state index in [9.17, 15) is 0 Å². The maximum absolute atomic E-state index is 5.39. The van der Waals surface area contributed by atoms with Crippen molar-refractivity contribution in [3.05, 3.63) is 0 Å². The zero-order valence-electron chi connectivity index (χ0n) is 9.93. The predicted octanol–water partition coefficient (Wildman–Crippen LogP) is 1.24. The van der Waals surface area contributed by atoms with Gasteiger partial charge in [0.2, 0.25) is 0 Å².